The van der Waals surface area contributed by atoms with E-state index >= 15 is 0 Å². The molecule has 1 aromatic carbocycles. The fraction of sp³-hybridized carbons (Fsp3) is 0.312. The molecule has 0 unspecified atom stereocenters. The zero-order valence-corrected chi connectivity index (χ0v) is 13.4. The Hall–Kier alpha value is -2.83. The minimum atomic E-state index is -0.180. The maximum Gasteiger partial charge on any atom is 0.254 e. The van der Waals surface area contributed by atoms with Gasteiger partial charge in [-0.3, -0.25) is 4.79 Å². The van der Waals surface area contributed by atoms with E-state index in [0.717, 1.165) is 6.42 Å². The van der Waals surface area contributed by atoms with Crippen LogP contribution in [-0.2, 0) is 0 Å². The third kappa shape index (κ3) is 4.32. The molecule has 2 aromatic rings. The third-order valence-electron chi connectivity index (χ3n) is 3.10. The molecule has 0 fully saturated rings. The number of carbonyl (C=O) groups is 1. The molecule has 7 heteroatoms. The number of amides is 1. The third-order valence-corrected chi connectivity index (χ3v) is 3.10. The predicted molar refractivity (Wildman–Crippen MR) is 87.5 cm³/mol. The van der Waals surface area contributed by atoms with E-state index in [9.17, 15) is 4.79 Å². The quantitative estimate of drug-likeness (QED) is 0.816. The number of benzene rings is 1. The van der Waals surface area contributed by atoms with Crippen molar-refractivity contribution in [1.82, 2.24) is 15.3 Å². The van der Waals surface area contributed by atoms with Crippen LogP contribution in [0.5, 0.6) is 11.5 Å². The molecule has 0 saturated heterocycles. The molecule has 122 valence electrons. The molecule has 1 amide bonds. The van der Waals surface area contributed by atoms with Crippen LogP contribution in [0.4, 0.5) is 11.6 Å². The molecule has 23 heavy (non-hydrogen) atoms. The zero-order chi connectivity index (χ0) is 16.7. The Labute approximate surface area is 135 Å². The molecule has 7 nitrogen and oxygen atoms in total. The number of rotatable bonds is 7. The Morgan fingerprint density at radius 3 is 2.52 bits per heavy atom. The van der Waals surface area contributed by atoms with Crippen molar-refractivity contribution < 1.29 is 14.3 Å². The number of carbonyl (C=O) groups excluding carboxylic acids is 1. The highest BCUT2D eigenvalue weighted by Gasteiger charge is 2.09. The van der Waals surface area contributed by atoms with Crippen molar-refractivity contribution in [2.24, 2.45) is 0 Å². The van der Waals surface area contributed by atoms with Gasteiger partial charge in [0, 0.05) is 25.0 Å². The average Bonchev–Trinajstić information content (AvgIpc) is 2.60. The maximum atomic E-state index is 11.8. The molecule has 0 saturated carbocycles. The Morgan fingerprint density at radius 1 is 1.17 bits per heavy atom. The van der Waals surface area contributed by atoms with Gasteiger partial charge in [-0.1, -0.05) is 6.92 Å². The first kappa shape index (κ1) is 16.5. The highest BCUT2D eigenvalue weighted by molar-refractivity contribution is 5.93. The lowest BCUT2D eigenvalue weighted by molar-refractivity contribution is 0.0953. The molecule has 0 bridgehead atoms. The van der Waals surface area contributed by atoms with Crippen LogP contribution < -0.4 is 20.1 Å². The summed E-state index contributed by atoms with van der Waals surface area (Å²) in [6.07, 6.45) is 3.84. The van der Waals surface area contributed by atoms with Crippen molar-refractivity contribution in [1.29, 1.82) is 0 Å². The van der Waals surface area contributed by atoms with E-state index in [1.54, 1.807) is 26.4 Å². The molecule has 1 heterocycles. The summed E-state index contributed by atoms with van der Waals surface area (Å²) >= 11 is 0. The van der Waals surface area contributed by atoms with Crippen LogP contribution in [0.2, 0.25) is 0 Å². The normalized spacial score (nSPS) is 10.0. The fourth-order valence-corrected chi connectivity index (χ4v) is 1.87. The van der Waals surface area contributed by atoms with Crippen LogP contribution in [0.3, 0.4) is 0 Å². The van der Waals surface area contributed by atoms with E-state index < -0.39 is 0 Å². The molecule has 0 atom stereocenters. The van der Waals surface area contributed by atoms with Crippen molar-refractivity contribution in [2.45, 2.75) is 13.3 Å². The van der Waals surface area contributed by atoms with Gasteiger partial charge in [0.15, 0.2) is 0 Å². The Kier molecular flexibility index (Phi) is 5.74. The summed E-state index contributed by atoms with van der Waals surface area (Å²) in [6, 6.07) is 5.37. The summed E-state index contributed by atoms with van der Waals surface area (Å²) in [5, 5.41) is 5.83. The maximum absolute atomic E-state index is 11.8. The number of ether oxygens (including phenoxy) is 2. The second kappa shape index (κ2) is 7.98. The molecule has 0 aliphatic rings. The van der Waals surface area contributed by atoms with Gasteiger partial charge in [0.1, 0.15) is 11.5 Å². The highest BCUT2D eigenvalue weighted by Crippen LogP contribution is 2.30. The largest absolute Gasteiger partial charge is 0.497 e. The monoisotopic (exact) mass is 316 g/mol. The van der Waals surface area contributed by atoms with E-state index in [4.69, 9.17) is 9.47 Å². The first-order chi connectivity index (χ1) is 11.2. The number of aromatic nitrogens is 2. The van der Waals surface area contributed by atoms with Crippen LogP contribution in [-0.4, -0.2) is 36.6 Å². The average molecular weight is 316 g/mol. The lowest BCUT2D eigenvalue weighted by atomic mass is 10.2. The Bertz CT molecular complexity index is 659. The van der Waals surface area contributed by atoms with E-state index in [-0.39, 0.29) is 5.91 Å². The van der Waals surface area contributed by atoms with Gasteiger partial charge in [-0.2, -0.15) is 0 Å². The summed E-state index contributed by atoms with van der Waals surface area (Å²) in [4.78, 5) is 20.1. The van der Waals surface area contributed by atoms with E-state index in [2.05, 4.69) is 20.6 Å². The van der Waals surface area contributed by atoms with Crippen LogP contribution in [0.25, 0.3) is 0 Å². The molecule has 1 aromatic heterocycles. The standard InChI is InChI=1S/C16H20N4O3/c1-4-7-17-15(21)11-9-18-16(19-10-11)20-13-6-5-12(22-2)8-14(13)23-3/h5-6,8-10H,4,7H2,1-3H3,(H,17,21)(H,18,19,20). The number of nitrogens with one attached hydrogen (secondary N) is 2. The van der Waals surface area contributed by atoms with Gasteiger partial charge in [0.05, 0.1) is 25.5 Å². The lowest BCUT2D eigenvalue weighted by Gasteiger charge is -2.11. The van der Waals surface area contributed by atoms with Crippen molar-refractivity contribution >= 4 is 17.5 Å². The number of anilines is 2. The minimum Gasteiger partial charge on any atom is -0.497 e. The second-order valence-electron chi connectivity index (χ2n) is 4.74. The SMILES string of the molecule is CCCNC(=O)c1cnc(Nc2ccc(OC)cc2OC)nc1. The number of hydrogen-bond acceptors (Lipinski definition) is 6. The fourth-order valence-electron chi connectivity index (χ4n) is 1.87. The van der Waals surface area contributed by atoms with Gasteiger partial charge in [-0.05, 0) is 18.6 Å². The Balaban J connectivity index is 2.10. The number of nitrogens with zero attached hydrogens (tertiary/aromatic N) is 2. The Morgan fingerprint density at radius 2 is 1.91 bits per heavy atom. The molecule has 0 aliphatic heterocycles. The van der Waals surface area contributed by atoms with Gasteiger partial charge < -0.3 is 20.1 Å². The van der Waals surface area contributed by atoms with Gasteiger partial charge >= 0.3 is 0 Å². The van der Waals surface area contributed by atoms with Crippen LogP contribution in [0.15, 0.2) is 30.6 Å². The number of methoxy groups -OCH3 is 2. The van der Waals surface area contributed by atoms with E-state index in [0.29, 0.717) is 35.2 Å². The van der Waals surface area contributed by atoms with Crippen molar-refractivity contribution in [2.75, 3.05) is 26.1 Å². The molecular weight excluding hydrogens is 296 g/mol. The van der Waals surface area contributed by atoms with E-state index in [1.165, 1.54) is 12.4 Å². The van der Waals surface area contributed by atoms with Crippen molar-refractivity contribution in [3.63, 3.8) is 0 Å². The van der Waals surface area contributed by atoms with Gasteiger partial charge in [-0.15, -0.1) is 0 Å². The topological polar surface area (TPSA) is 85.4 Å². The molecule has 0 radical (unpaired) electrons. The van der Waals surface area contributed by atoms with Gasteiger partial charge in [0.25, 0.3) is 5.91 Å². The molecule has 2 N–H and O–H groups in total. The molecular formula is C16H20N4O3. The smallest absolute Gasteiger partial charge is 0.254 e. The minimum absolute atomic E-state index is 0.180. The summed E-state index contributed by atoms with van der Waals surface area (Å²) in [7, 11) is 3.16. The first-order valence-corrected chi connectivity index (χ1v) is 7.27. The van der Waals surface area contributed by atoms with Crippen LogP contribution in [0, 0.1) is 0 Å². The zero-order valence-electron chi connectivity index (χ0n) is 13.4. The molecule has 0 aliphatic carbocycles. The summed E-state index contributed by atoms with van der Waals surface area (Å²) in [5.74, 6) is 1.50. The molecule has 2 rings (SSSR count). The lowest BCUT2D eigenvalue weighted by Crippen LogP contribution is -2.24. The van der Waals surface area contributed by atoms with E-state index in [1.807, 2.05) is 13.0 Å². The van der Waals surface area contributed by atoms with Crippen LogP contribution in [0.1, 0.15) is 23.7 Å². The number of hydrogen-bond donors (Lipinski definition) is 2. The second-order valence-corrected chi connectivity index (χ2v) is 4.74. The van der Waals surface area contributed by atoms with Crippen molar-refractivity contribution in [3.05, 3.63) is 36.2 Å². The van der Waals surface area contributed by atoms with Crippen LogP contribution >= 0.6 is 0 Å². The summed E-state index contributed by atoms with van der Waals surface area (Å²) < 4.78 is 10.5. The summed E-state index contributed by atoms with van der Waals surface area (Å²) in [6.45, 7) is 2.62. The van der Waals surface area contributed by atoms with Crippen molar-refractivity contribution in [3.8, 4) is 11.5 Å². The van der Waals surface area contributed by atoms with Gasteiger partial charge in [-0.25, -0.2) is 9.97 Å². The van der Waals surface area contributed by atoms with Gasteiger partial charge in [0.2, 0.25) is 5.95 Å². The first-order valence-electron chi connectivity index (χ1n) is 7.27. The predicted octanol–water partition coefficient (Wildman–Crippen LogP) is 2.38. The molecule has 0 spiro atoms. The highest BCUT2D eigenvalue weighted by atomic mass is 16.5. The summed E-state index contributed by atoms with van der Waals surface area (Å²) in [5.41, 5.74) is 1.13.